The Kier molecular flexibility index (Phi) is 6.45. The molecule has 0 radical (unpaired) electrons. The van der Waals surface area contributed by atoms with E-state index >= 15 is 0 Å². The molecule has 102 valence electrons. The fourth-order valence-corrected chi connectivity index (χ4v) is 2.34. The van der Waals surface area contributed by atoms with Gasteiger partial charge in [-0.1, -0.05) is 6.92 Å². The van der Waals surface area contributed by atoms with Crippen molar-refractivity contribution in [2.45, 2.75) is 70.6 Å². The number of methoxy groups -OCH3 is 1. The second kappa shape index (κ2) is 7.34. The first kappa shape index (κ1) is 14.9. The number of rotatable bonds is 7. The predicted molar refractivity (Wildman–Crippen MR) is 71.4 cm³/mol. The SMILES string of the molecule is CCNC1CCCC(OCCC(C)(C)OC)C1. The third-order valence-corrected chi connectivity index (χ3v) is 3.73. The van der Waals surface area contributed by atoms with Gasteiger partial charge >= 0.3 is 0 Å². The summed E-state index contributed by atoms with van der Waals surface area (Å²) in [5.41, 5.74) is -0.0598. The van der Waals surface area contributed by atoms with Crippen LogP contribution < -0.4 is 5.32 Å². The fraction of sp³-hybridized carbons (Fsp3) is 1.00. The Bertz CT molecular complexity index is 204. The topological polar surface area (TPSA) is 30.5 Å². The highest BCUT2D eigenvalue weighted by Gasteiger charge is 2.23. The fourth-order valence-electron chi connectivity index (χ4n) is 2.34. The molecule has 0 saturated heterocycles. The Labute approximate surface area is 106 Å². The van der Waals surface area contributed by atoms with Crippen molar-refractivity contribution in [2.75, 3.05) is 20.3 Å². The minimum Gasteiger partial charge on any atom is -0.379 e. The molecule has 0 heterocycles. The molecule has 1 fully saturated rings. The molecule has 0 aliphatic heterocycles. The van der Waals surface area contributed by atoms with Gasteiger partial charge in [0.2, 0.25) is 0 Å². The van der Waals surface area contributed by atoms with Crippen molar-refractivity contribution in [1.29, 1.82) is 0 Å². The highest BCUT2D eigenvalue weighted by molar-refractivity contribution is 4.78. The van der Waals surface area contributed by atoms with E-state index in [1.807, 2.05) is 0 Å². The summed E-state index contributed by atoms with van der Waals surface area (Å²) < 4.78 is 11.4. The summed E-state index contributed by atoms with van der Waals surface area (Å²) in [5.74, 6) is 0. The highest BCUT2D eigenvalue weighted by atomic mass is 16.5. The minimum absolute atomic E-state index is 0.0598. The average Bonchev–Trinajstić information content (AvgIpc) is 2.30. The zero-order valence-corrected chi connectivity index (χ0v) is 11.9. The van der Waals surface area contributed by atoms with Gasteiger partial charge in [-0.05, 0) is 52.5 Å². The lowest BCUT2D eigenvalue weighted by Crippen LogP contribution is -2.37. The standard InChI is InChI=1S/C14H29NO2/c1-5-15-12-7-6-8-13(11-12)17-10-9-14(2,3)16-4/h12-13,15H,5-11H2,1-4H3. The van der Waals surface area contributed by atoms with Crippen LogP contribution in [0.5, 0.6) is 0 Å². The minimum atomic E-state index is -0.0598. The molecule has 1 N–H and O–H groups in total. The summed E-state index contributed by atoms with van der Waals surface area (Å²) in [4.78, 5) is 0. The summed E-state index contributed by atoms with van der Waals surface area (Å²) in [7, 11) is 1.77. The van der Waals surface area contributed by atoms with Crippen LogP contribution in [-0.4, -0.2) is 38.0 Å². The molecule has 3 heteroatoms. The normalized spacial score (nSPS) is 26.1. The van der Waals surface area contributed by atoms with E-state index in [0.29, 0.717) is 12.1 Å². The number of ether oxygens (including phenoxy) is 2. The summed E-state index contributed by atoms with van der Waals surface area (Å²) in [6.07, 6.45) is 6.39. The molecule has 1 aliphatic rings. The number of hydrogen-bond acceptors (Lipinski definition) is 3. The summed E-state index contributed by atoms with van der Waals surface area (Å²) in [5, 5.41) is 3.53. The largest absolute Gasteiger partial charge is 0.379 e. The van der Waals surface area contributed by atoms with Crippen LogP contribution in [0.15, 0.2) is 0 Å². The van der Waals surface area contributed by atoms with Crippen molar-refractivity contribution in [3.05, 3.63) is 0 Å². The number of nitrogens with one attached hydrogen (secondary N) is 1. The summed E-state index contributed by atoms with van der Waals surface area (Å²) >= 11 is 0. The number of hydrogen-bond donors (Lipinski definition) is 1. The summed E-state index contributed by atoms with van der Waals surface area (Å²) in [6.45, 7) is 8.27. The van der Waals surface area contributed by atoms with Crippen molar-refractivity contribution >= 4 is 0 Å². The molecule has 1 aliphatic carbocycles. The second-order valence-electron chi connectivity index (χ2n) is 5.63. The van der Waals surface area contributed by atoms with Gasteiger partial charge in [0, 0.05) is 19.8 Å². The van der Waals surface area contributed by atoms with Crippen LogP contribution in [0, 0.1) is 0 Å². The lowest BCUT2D eigenvalue weighted by Gasteiger charge is -2.31. The maximum Gasteiger partial charge on any atom is 0.0644 e. The summed E-state index contributed by atoms with van der Waals surface area (Å²) in [6, 6.07) is 0.661. The molecule has 0 aromatic heterocycles. The molecule has 0 aromatic carbocycles. The molecule has 2 unspecified atom stereocenters. The van der Waals surface area contributed by atoms with Crippen LogP contribution in [0.4, 0.5) is 0 Å². The van der Waals surface area contributed by atoms with E-state index < -0.39 is 0 Å². The second-order valence-corrected chi connectivity index (χ2v) is 5.63. The smallest absolute Gasteiger partial charge is 0.0644 e. The molecular formula is C14H29NO2. The van der Waals surface area contributed by atoms with Gasteiger partial charge < -0.3 is 14.8 Å². The Morgan fingerprint density at radius 3 is 2.71 bits per heavy atom. The van der Waals surface area contributed by atoms with Gasteiger partial charge in [0.05, 0.1) is 11.7 Å². The molecule has 0 amide bonds. The van der Waals surface area contributed by atoms with Crippen LogP contribution in [0.25, 0.3) is 0 Å². The van der Waals surface area contributed by atoms with E-state index in [0.717, 1.165) is 19.6 Å². The van der Waals surface area contributed by atoms with Crippen LogP contribution >= 0.6 is 0 Å². The van der Waals surface area contributed by atoms with Gasteiger partial charge in [-0.25, -0.2) is 0 Å². The van der Waals surface area contributed by atoms with Crippen molar-refractivity contribution in [3.8, 4) is 0 Å². The Balaban J connectivity index is 2.18. The average molecular weight is 243 g/mol. The van der Waals surface area contributed by atoms with Gasteiger partial charge in [0.25, 0.3) is 0 Å². The Morgan fingerprint density at radius 1 is 1.29 bits per heavy atom. The van der Waals surface area contributed by atoms with E-state index in [1.54, 1.807) is 7.11 Å². The van der Waals surface area contributed by atoms with Crippen LogP contribution in [-0.2, 0) is 9.47 Å². The van der Waals surface area contributed by atoms with Crippen molar-refractivity contribution in [1.82, 2.24) is 5.32 Å². The van der Waals surface area contributed by atoms with Crippen LogP contribution in [0.1, 0.15) is 52.9 Å². The maximum absolute atomic E-state index is 5.98. The highest BCUT2D eigenvalue weighted by Crippen LogP contribution is 2.22. The molecular weight excluding hydrogens is 214 g/mol. The van der Waals surface area contributed by atoms with Gasteiger partial charge in [0.15, 0.2) is 0 Å². The van der Waals surface area contributed by atoms with E-state index in [2.05, 4.69) is 26.1 Å². The zero-order valence-electron chi connectivity index (χ0n) is 11.9. The van der Waals surface area contributed by atoms with Crippen molar-refractivity contribution < 1.29 is 9.47 Å². The quantitative estimate of drug-likeness (QED) is 0.746. The first-order valence-electron chi connectivity index (χ1n) is 6.97. The third kappa shape index (κ3) is 5.84. The zero-order chi connectivity index (χ0) is 12.7. The van der Waals surface area contributed by atoms with E-state index in [4.69, 9.17) is 9.47 Å². The predicted octanol–water partition coefficient (Wildman–Crippen LogP) is 2.74. The monoisotopic (exact) mass is 243 g/mol. The van der Waals surface area contributed by atoms with Gasteiger partial charge in [-0.15, -0.1) is 0 Å². The lowest BCUT2D eigenvalue weighted by atomic mass is 9.93. The maximum atomic E-state index is 5.98. The Morgan fingerprint density at radius 2 is 2.06 bits per heavy atom. The van der Waals surface area contributed by atoms with Gasteiger partial charge in [-0.3, -0.25) is 0 Å². The van der Waals surface area contributed by atoms with Crippen LogP contribution in [0.3, 0.4) is 0 Å². The third-order valence-electron chi connectivity index (χ3n) is 3.73. The van der Waals surface area contributed by atoms with Crippen molar-refractivity contribution in [3.63, 3.8) is 0 Å². The molecule has 17 heavy (non-hydrogen) atoms. The molecule has 2 atom stereocenters. The van der Waals surface area contributed by atoms with Crippen LogP contribution in [0.2, 0.25) is 0 Å². The van der Waals surface area contributed by atoms with E-state index in [9.17, 15) is 0 Å². The van der Waals surface area contributed by atoms with E-state index in [1.165, 1.54) is 25.7 Å². The molecule has 0 aromatic rings. The van der Waals surface area contributed by atoms with Gasteiger partial charge in [0.1, 0.15) is 0 Å². The molecule has 1 saturated carbocycles. The molecule has 3 nitrogen and oxygen atoms in total. The molecule has 0 bridgehead atoms. The van der Waals surface area contributed by atoms with Gasteiger partial charge in [-0.2, -0.15) is 0 Å². The Hall–Kier alpha value is -0.120. The molecule has 1 rings (SSSR count). The first-order chi connectivity index (χ1) is 8.07. The lowest BCUT2D eigenvalue weighted by molar-refractivity contribution is -0.0367. The first-order valence-corrected chi connectivity index (χ1v) is 6.97. The molecule has 0 spiro atoms. The van der Waals surface area contributed by atoms with E-state index in [-0.39, 0.29) is 5.60 Å². The van der Waals surface area contributed by atoms with Crippen molar-refractivity contribution in [2.24, 2.45) is 0 Å².